The van der Waals surface area contributed by atoms with Gasteiger partial charge in [-0.25, -0.2) is 0 Å². The number of allylic oxidation sites excluding steroid dienone is 4. The first-order valence-corrected chi connectivity index (χ1v) is 29.8. The average molecular weight is 944 g/mol. The molecular formula is C61H114O6. The number of carbonyl (C=O) groups excluding carboxylic acids is 3. The Balaban J connectivity index is 4.29. The summed E-state index contributed by atoms with van der Waals surface area (Å²) in [6.45, 7) is 6.67. The van der Waals surface area contributed by atoms with Crippen molar-refractivity contribution in [3.63, 3.8) is 0 Å². The topological polar surface area (TPSA) is 78.9 Å². The molecule has 0 aromatic heterocycles. The lowest BCUT2D eigenvalue weighted by Crippen LogP contribution is -2.30. The van der Waals surface area contributed by atoms with Gasteiger partial charge < -0.3 is 14.2 Å². The van der Waals surface area contributed by atoms with Crippen molar-refractivity contribution in [3.05, 3.63) is 24.3 Å². The van der Waals surface area contributed by atoms with Gasteiger partial charge in [0.25, 0.3) is 0 Å². The summed E-state index contributed by atoms with van der Waals surface area (Å²) in [5.41, 5.74) is 0. The SMILES string of the molecule is CCCCCCCCC/C=C\CCCCCCCC(=O)OC(COC(=O)CCCCCCCCCCC/C=C\CCCCCCCCCC)COC(=O)CCCCCCCCCCCCCC. The van der Waals surface area contributed by atoms with Gasteiger partial charge in [-0.15, -0.1) is 0 Å². The first-order valence-electron chi connectivity index (χ1n) is 29.8. The number of esters is 3. The Hall–Kier alpha value is -2.11. The summed E-state index contributed by atoms with van der Waals surface area (Å²) in [7, 11) is 0. The van der Waals surface area contributed by atoms with E-state index in [0.29, 0.717) is 19.3 Å². The number of hydrogen-bond acceptors (Lipinski definition) is 6. The molecule has 0 heterocycles. The van der Waals surface area contributed by atoms with Crippen LogP contribution in [0.3, 0.4) is 0 Å². The minimum atomic E-state index is -0.772. The van der Waals surface area contributed by atoms with Gasteiger partial charge in [-0.2, -0.15) is 0 Å². The van der Waals surface area contributed by atoms with Crippen LogP contribution in [0, 0.1) is 0 Å². The summed E-state index contributed by atoms with van der Waals surface area (Å²) in [6.07, 6.45) is 66.0. The standard InChI is InChI=1S/C61H114O6/c1-4-7-10-13-16-19-22-25-27-29-30-31-32-33-35-36-39-42-45-48-51-54-60(63)66-57-58(56-65-59(62)53-50-47-44-41-38-24-21-18-15-12-9-6-3)67-61(64)55-52-49-46-43-40-37-34-28-26-23-20-17-14-11-8-5-2/h28-30,34,58H,4-27,31-33,35-57H2,1-3H3/b30-29-,34-28-. The number of ether oxygens (including phenoxy) is 3. The van der Waals surface area contributed by atoms with Gasteiger partial charge in [-0.05, 0) is 70.6 Å². The van der Waals surface area contributed by atoms with Crippen molar-refractivity contribution in [1.82, 2.24) is 0 Å². The summed E-state index contributed by atoms with van der Waals surface area (Å²) in [5.74, 6) is -0.861. The van der Waals surface area contributed by atoms with E-state index >= 15 is 0 Å². The third-order valence-corrected chi connectivity index (χ3v) is 13.4. The molecule has 0 aliphatic rings. The average Bonchev–Trinajstić information content (AvgIpc) is 3.33. The van der Waals surface area contributed by atoms with Crippen molar-refractivity contribution in [1.29, 1.82) is 0 Å². The van der Waals surface area contributed by atoms with Crippen LogP contribution in [0.2, 0.25) is 0 Å². The zero-order valence-electron chi connectivity index (χ0n) is 45.2. The Labute approximate surface area is 417 Å². The second kappa shape index (κ2) is 56.5. The molecule has 6 nitrogen and oxygen atoms in total. The van der Waals surface area contributed by atoms with Crippen molar-refractivity contribution < 1.29 is 28.6 Å². The van der Waals surface area contributed by atoms with Crippen LogP contribution in [0.4, 0.5) is 0 Å². The summed E-state index contributed by atoms with van der Waals surface area (Å²) in [4.78, 5) is 38.1. The smallest absolute Gasteiger partial charge is 0.306 e. The van der Waals surface area contributed by atoms with E-state index in [1.165, 1.54) is 225 Å². The molecule has 394 valence electrons. The maximum absolute atomic E-state index is 12.8. The molecule has 1 atom stereocenters. The van der Waals surface area contributed by atoms with Gasteiger partial charge in [0.05, 0.1) is 0 Å². The fourth-order valence-electron chi connectivity index (χ4n) is 8.91. The van der Waals surface area contributed by atoms with Gasteiger partial charge in [-0.1, -0.05) is 263 Å². The molecule has 0 spiro atoms. The third kappa shape index (κ3) is 54.7. The first kappa shape index (κ1) is 64.9. The van der Waals surface area contributed by atoms with Crippen molar-refractivity contribution >= 4 is 17.9 Å². The largest absolute Gasteiger partial charge is 0.462 e. The van der Waals surface area contributed by atoms with E-state index in [0.717, 1.165) is 64.2 Å². The lowest BCUT2D eigenvalue weighted by atomic mass is 10.0. The van der Waals surface area contributed by atoms with Crippen LogP contribution in [0.5, 0.6) is 0 Å². The monoisotopic (exact) mass is 943 g/mol. The van der Waals surface area contributed by atoms with E-state index in [1.54, 1.807) is 0 Å². The molecule has 6 heteroatoms. The maximum atomic E-state index is 12.8. The molecule has 0 fully saturated rings. The molecule has 0 saturated carbocycles. The minimum absolute atomic E-state index is 0.0708. The summed E-state index contributed by atoms with van der Waals surface area (Å²) >= 11 is 0. The van der Waals surface area contributed by atoms with Gasteiger partial charge in [-0.3, -0.25) is 14.4 Å². The van der Waals surface area contributed by atoms with E-state index < -0.39 is 6.10 Å². The molecule has 0 rings (SSSR count). The second-order valence-electron chi connectivity index (χ2n) is 20.3. The summed E-state index contributed by atoms with van der Waals surface area (Å²) in [5, 5.41) is 0. The number of unbranched alkanes of at least 4 members (excludes halogenated alkanes) is 40. The van der Waals surface area contributed by atoms with Crippen LogP contribution in [-0.4, -0.2) is 37.2 Å². The number of hydrogen-bond donors (Lipinski definition) is 0. The molecule has 0 amide bonds. The van der Waals surface area contributed by atoms with E-state index in [9.17, 15) is 14.4 Å². The highest BCUT2D eigenvalue weighted by molar-refractivity contribution is 5.71. The Kier molecular flexibility index (Phi) is 54.7. The van der Waals surface area contributed by atoms with E-state index in [4.69, 9.17) is 14.2 Å². The van der Waals surface area contributed by atoms with Crippen LogP contribution in [0.25, 0.3) is 0 Å². The minimum Gasteiger partial charge on any atom is -0.462 e. The van der Waals surface area contributed by atoms with Crippen LogP contribution in [0.1, 0.15) is 329 Å². The molecule has 0 bridgehead atoms. The molecule has 0 aliphatic carbocycles. The van der Waals surface area contributed by atoms with Crippen LogP contribution in [-0.2, 0) is 28.6 Å². The van der Waals surface area contributed by atoms with Crippen LogP contribution >= 0.6 is 0 Å². The Morgan fingerprint density at radius 2 is 0.493 bits per heavy atom. The Bertz CT molecular complexity index is 1080. The molecule has 0 aromatic rings. The fourth-order valence-corrected chi connectivity index (χ4v) is 8.91. The van der Waals surface area contributed by atoms with Gasteiger partial charge in [0.2, 0.25) is 0 Å². The molecule has 0 N–H and O–H groups in total. The van der Waals surface area contributed by atoms with Gasteiger partial charge >= 0.3 is 17.9 Å². The van der Waals surface area contributed by atoms with Crippen molar-refractivity contribution in [3.8, 4) is 0 Å². The maximum Gasteiger partial charge on any atom is 0.306 e. The molecule has 0 aromatic carbocycles. The van der Waals surface area contributed by atoms with Crippen LogP contribution in [0.15, 0.2) is 24.3 Å². The van der Waals surface area contributed by atoms with E-state index in [2.05, 4.69) is 45.1 Å². The predicted octanol–water partition coefficient (Wildman–Crippen LogP) is 19.9. The summed E-state index contributed by atoms with van der Waals surface area (Å²) in [6, 6.07) is 0. The molecule has 0 radical (unpaired) electrons. The summed E-state index contributed by atoms with van der Waals surface area (Å²) < 4.78 is 16.9. The molecule has 0 aliphatic heterocycles. The highest BCUT2D eigenvalue weighted by atomic mass is 16.6. The quantitative estimate of drug-likeness (QED) is 0.0262. The van der Waals surface area contributed by atoms with Gasteiger partial charge in [0, 0.05) is 19.3 Å². The first-order chi connectivity index (χ1) is 33.0. The number of rotatable bonds is 55. The highest BCUT2D eigenvalue weighted by Crippen LogP contribution is 2.16. The zero-order valence-corrected chi connectivity index (χ0v) is 45.2. The van der Waals surface area contributed by atoms with Crippen molar-refractivity contribution in [2.75, 3.05) is 13.2 Å². The van der Waals surface area contributed by atoms with E-state index in [1.807, 2.05) is 0 Å². The lowest BCUT2D eigenvalue weighted by molar-refractivity contribution is -0.167. The fraction of sp³-hybridized carbons (Fsp3) is 0.885. The molecule has 1 unspecified atom stereocenters. The normalized spacial score (nSPS) is 12.1. The zero-order chi connectivity index (χ0) is 48.6. The van der Waals surface area contributed by atoms with Gasteiger partial charge in [0.15, 0.2) is 6.10 Å². The predicted molar refractivity (Wildman–Crippen MR) is 289 cm³/mol. The van der Waals surface area contributed by atoms with E-state index in [-0.39, 0.29) is 31.1 Å². The molecular weight excluding hydrogens is 829 g/mol. The number of carbonyl (C=O) groups is 3. The lowest BCUT2D eigenvalue weighted by Gasteiger charge is -2.18. The van der Waals surface area contributed by atoms with Crippen molar-refractivity contribution in [2.45, 2.75) is 335 Å². The third-order valence-electron chi connectivity index (χ3n) is 13.4. The van der Waals surface area contributed by atoms with Crippen LogP contribution < -0.4 is 0 Å². The Morgan fingerprint density at radius 1 is 0.284 bits per heavy atom. The highest BCUT2D eigenvalue weighted by Gasteiger charge is 2.19. The Morgan fingerprint density at radius 3 is 0.746 bits per heavy atom. The second-order valence-corrected chi connectivity index (χ2v) is 20.3. The molecule has 0 saturated heterocycles. The van der Waals surface area contributed by atoms with Gasteiger partial charge in [0.1, 0.15) is 13.2 Å². The van der Waals surface area contributed by atoms with Crippen molar-refractivity contribution in [2.24, 2.45) is 0 Å². The molecule has 67 heavy (non-hydrogen) atoms.